The standard InChI is InChI=1S/C21H33N3O2/c1-20-7-5-13(24-26-10-9-22)11-17(20)18(23)12-14-15-3-4-19(25)21(15,2)8-6-16(14)20/h14-17,23H,3-12,22H2,1-2H3. The highest BCUT2D eigenvalue weighted by atomic mass is 16.6. The molecule has 0 aromatic rings. The average Bonchev–Trinajstić information content (AvgIpc) is 2.92. The summed E-state index contributed by atoms with van der Waals surface area (Å²) in [5.74, 6) is 2.45. The highest BCUT2D eigenvalue weighted by molar-refractivity contribution is 5.94. The normalized spacial score (nSPS) is 46.7. The van der Waals surface area contributed by atoms with Crippen LogP contribution in [0.2, 0.25) is 0 Å². The Hall–Kier alpha value is -1.23. The monoisotopic (exact) mass is 359 g/mol. The maximum Gasteiger partial charge on any atom is 0.139 e. The molecule has 0 aromatic heterocycles. The van der Waals surface area contributed by atoms with Crippen LogP contribution in [-0.4, -0.2) is 30.4 Å². The van der Waals surface area contributed by atoms with Gasteiger partial charge in [-0.3, -0.25) is 4.79 Å². The van der Waals surface area contributed by atoms with E-state index < -0.39 is 0 Å². The van der Waals surface area contributed by atoms with E-state index in [-0.39, 0.29) is 10.8 Å². The molecule has 4 aliphatic carbocycles. The molecule has 6 unspecified atom stereocenters. The maximum atomic E-state index is 12.5. The number of Topliss-reactive ketones (excluding diaryl/α,β-unsaturated/α-hetero) is 1. The van der Waals surface area contributed by atoms with Gasteiger partial charge in [0.05, 0.1) is 5.71 Å². The van der Waals surface area contributed by atoms with Crippen LogP contribution in [0.1, 0.15) is 65.2 Å². The number of hydrogen-bond acceptors (Lipinski definition) is 5. The van der Waals surface area contributed by atoms with Gasteiger partial charge in [0.15, 0.2) is 0 Å². The van der Waals surface area contributed by atoms with Crippen LogP contribution in [-0.2, 0) is 9.63 Å². The lowest BCUT2D eigenvalue weighted by atomic mass is 9.45. The van der Waals surface area contributed by atoms with Gasteiger partial charge in [-0.15, -0.1) is 0 Å². The van der Waals surface area contributed by atoms with Crippen LogP contribution >= 0.6 is 0 Å². The van der Waals surface area contributed by atoms with Crippen LogP contribution in [0.4, 0.5) is 0 Å². The number of nitrogens with zero attached hydrogens (tertiary/aromatic N) is 1. The van der Waals surface area contributed by atoms with Gasteiger partial charge < -0.3 is 16.0 Å². The summed E-state index contributed by atoms with van der Waals surface area (Å²) in [6, 6.07) is 0. The first-order valence-corrected chi connectivity index (χ1v) is 10.4. The van der Waals surface area contributed by atoms with Crippen LogP contribution in [0.25, 0.3) is 0 Å². The van der Waals surface area contributed by atoms with E-state index >= 15 is 0 Å². The fourth-order valence-corrected chi connectivity index (χ4v) is 6.95. The second-order valence-corrected chi connectivity index (χ2v) is 9.57. The van der Waals surface area contributed by atoms with Gasteiger partial charge in [-0.05, 0) is 68.1 Å². The largest absolute Gasteiger partial charge is 0.395 e. The van der Waals surface area contributed by atoms with Crippen molar-refractivity contribution >= 4 is 17.2 Å². The van der Waals surface area contributed by atoms with Crippen molar-refractivity contribution in [3.63, 3.8) is 0 Å². The summed E-state index contributed by atoms with van der Waals surface area (Å²) in [7, 11) is 0. The number of hydrogen-bond donors (Lipinski definition) is 2. The van der Waals surface area contributed by atoms with Crippen molar-refractivity contribution in [3.8, 4) is 0 Å². The number of nitrogens with one attached hydrogen (secondary N) is 1. The minimum atomic E-state index is -0.109. The lowest BCUT2D eigenvalue weighted by Gasteiger charge is -2.59. The predicted octanol–water partition coefficient (Wildman–Crippen LogP) is 3.56. The van der Waals surface area contributed by atoms with Crippen molar-refractivity contribution in [1.29, 1.82) is 5.41 Å². The molecule has 0 radical (unpaired) electrons. The topological polar surface area (TPSA) is 88.5 Å². The van der Waals surface area contributed by atoms with E-state index in [0.717, 1.165) is 62.8 Å². The molecule has 144 valence electrons. The molecule has 0 bridgehead atoms. The molecule has 0 heterocycles. The van der Waals surface area contributed by atoms with Gasteiger partial charge >= 0.3 is 0 Å². The Labute approximate surface area is 156 Å². The maximum absolute atomic E-state index is 12.5. The molecule has 4 aliphatic rings. The van der Waals surface area contributed by atoms with Crippen LogP contribution in [0.15, 0.2) is 5.16 Å². The Balaban J connectivity index is 1.57. The summed E-state index contributed by atoms with van der Waals surface area (Å²) in [5, 5.41) is 13.1. The zero-order chi connectivity index (χ0) is 18.5. The van der Waals surface area contributed by atoms with Crippen molar-refractivity contribution < 1.29 is 9.63 Å². The van der Waals surface area contributed by atoms with E-state index in [9.17, 15) is 4.79 Å². The predicted molar refractivity (Wildman–Crippen MR) is 102 cm³/mol. The summed E-state index contributed by atoms with van der Waals surface area (Å²) in [6.45, 7) is 5.57. The van der Waals surface area contributed by atoms with Crippen LogP contribution < -0.4 is 5.73 Å². The van der Waals surface area contributed by atoms with Gasteiger partial charge in [0.1, 0.15) is 12.4 Å². The number of carbonyl (C=O) groups is 1. The highest BCUT2D eigenvalue weighted by Gasteiger charge is 2.61. The third-order valence-corrected chi connectivity index (χ3v) is 8.46. The van der Waals surface area contributed by atoms with Crippen molar-refractivity contribution in [2.24, 2.45) is 45.4 Å². The summed E-state index contributed by atoms with van der Waals surface area (Å²) >= 11 is 0. The molecule has 3 N–H and O–H groups in total. The molecule has 26 heavy (non-hydrogen) atoms. The van der Waals surface area contributed by atoms with Crippen molar-refractivity contribution in [3.05, 3.63) is 0 Å². The average molecular weight is 360 g/mol. The zero-order valence-corrected chi connectivity index (χ0v) is 16.2. The molecule has 6 atom stereocenters. The lowest BCUT2D eigenvalue weighted by Crippen LogP contribution is -2.56. The van der Waals surface area contributed by atoms with Gasteiger partial charge in [0.25, 0.3) is 0 Å². The summed E-state index contributed by atoms with van der Waals surface area (Å²) < 4.78 is 0. The van der Waals surface area contributed by atoms with E-state index in [4.69, 9.17) is 16.0 Å². The summed E-state index contributed by atoms with van der Waals surface area (Å²) in [4.78, 5) is 17.8. The van der Waals surface area contributed by atoms with Gasteiger partial charge in [-0.1, -0.05) is 19.0 Å². The zero-order valence-electron chi connectivity index (χ0n) is 16.2. The molecule has 0 aliphatic heterocycles. The lowest BCUT2D eigenvalue weighted by molar-refractivity contribution is -0.133. The highest BCUT2D eigenvalue weighted by Crippen LogP contribution is 2.64. The Morgan fingerprint density at radius 1 is 1.19 bits per heavy atom. The fraction of sp³-hybridized carbons (Fsp3) is 0.857. The second kappa shape index (κ2) is 6.43. The Morgan fingerprint density at radius 2 is 2.00 bits per heavy atom. The van der Waals surface area contributed by atoms with Crippen LogP contribution in [0.5, 0.6) is 0 Å². The smallest absolute Gasteiger partial charge is 0.139 e. The van der Waals surface area contributed by atoms with E-state index in [2.05, 4.69) is 19.0 Å². The third-order valence-electron chi connectivity index (χ3n) is 8.46. The quantitative estimate of drug-likeness (QED) is 0.596. The number of nitrogens with two attached hydrogens (primary N) is 1. The molecular formula is C21H33N3O2. The van der Waals surface area contributed by atoms with E-state index in [1.807, 2.05) is 0 Å². The van der Waals surface area contributed by atoms with Crippen molar-refractivity contribution in [1.82, 2.24) is 0 Å². The van der Waals surface area contributed by atoms with Crippen molar-refractivity contribution in [2.45, 2.75) is 65.2 Å². The minimum Gasteiger partial charge on any atom is -0.395 e. The van der Waals surface area contributed by atoms with E-state index in [0.29, 0.717) is 42.6 Å². The fourth-order valence-electron chi connectivity index (χ4n) is 6.95. The Kier molecular flexibility index (Phi) is 4.49. The summed E-state index contributed by atoms with van der Waals surface area (Å²) in [5.41, 5.74) is 7.54. The van der Waals surface area contributed by atoms with Gasteiger partial charge in [0, 0.05) is 30.0 Å². The minimum absolute atomic E-state index is 0.109. The van der Waals surface area contributed by atoms with Gasteiger partial charge in [-0.2, -0.15) is 0 Å². The first kappa shape index (κ1) is 18.1. The van der Waals surface area contributed by atoms with Gasteiger partial charge in [-0.25, -0.2) is 0 Å². The Bertz CT molecular complexity index is 645. The number of rotatable bonds is 3. The van der Waals surface area contributed by atoms with E-state index in [1.165, 1.54) is 0 Å². The number of oxime groups is 1. The molecule has 5 nitrogen and oxygen atoms in total. The second-order valence-electron chi connectivity index (χ2n) is 9.57. The van der Waals surface area contributed by atoms with Gasteiger partial charge in [0.2, 0.25) is 0 Å². The molecule has 0 aromatic carbocycles. The Morgan fingerprint density at radius 3 is 2.77 bits per heavy atom. The molecule has 4 fully saturated rings. The van der Waals surface area contributed by atoms with Crippen LogP contribution in [0, 0.1) is 39.9 Å². The number of carbonyl (C=O) groups excluding carboxylic acids is 1. The number of ketones is 1. The van der Waals surface area contributed by atoms with E-state index in [1.54, 1.807) is 0 Å². The molecule has 4 rings (SSSR count). The third kappa shape index (κ3) is 2.57. The molecular weight excluding hydrogens is 326 g/mol. The molecule has 0 spiro atoms. The van der Waals surface area contributed by atoms with Crippen LogP contribution in [0.3, 0.4) is 0 Å². The first-order valence-electron chi connectivity index (χ1n) is 10.4. The molecule has 4 saturated carbocycles. The first-order chi connectivity index (χ1) is 12.4. The number of fused-ring (bicyclic) bond motifs is 5. The van der Waals surface area contributed by atoms with Crippen molar-refractivity contribution in [2.75, 3.05) is 13.2 Å². The summed E-state index contributed by atoms with van der Waals surface area (Å²) in [6.07, 6.45) is 7.81. The molecule has 0 saturated heterocycles. The SMILES string of the molecule is CC12CCC3C(CC(=N)C4CC(=NOCCN)CCC43C)C1CCC2=O. The molecule has 5 heteroatoms. The molecule has 0 amide bonds.